The Balaban J connectivity index is 2.26. The highest BCUT2D eigenvalue weighted by atomic mass is 79.9. The van der Waals surface area contributed by atoms with E-state index in [4.69, 9.17) is 18.0 Å². The van der Waals surface area contributed by atoms with Gasteiger partial charge in [-0.15, -0.1) is 0 Å². The lowest BCUT2D eigenvalue weighted by Gasteiger charge is -2.28. The summed E-state index contributed by atoms with van der Waals surface area (Å²) in [5, 5.41) is 0. The molecule has 20 heavy (non-hydrogen) atoms. The Morgan fingerprint density at radius 1 is 1.25 bits per heavy atom. The van der Waals surface area contributed by atoms with Crippen LogP contribution in [-0.4, -0.2) is 28.4 Å². The maximum atomic E-state index is 12.7. The van der Waals surface area contributed by atoms with E-state index in [0.29, 0.717) is 17.1 Å². The Hall–Kier alpha value is -0.460. The normalized spacial score (nSPS) is 15.3. The lowest BCUT2D eigenvalue weighted by atomic mass is 10.1. The molecule has 0 aromatic heterocycles. The van der Waals surface area contributed by atoms with Crippen LogP contribution in [0.1, 0.15) is 36.0 Å². The Morgan fingerprint density at radius 3 is 2.30 bits per heavy atom. The van der Waals surface area contributed by atoms with Crippen LogP contribution in [0, 0.1) is 0 Å². The highest BCUT2D eigenvalue weighted by molar-refractivity contribution is 9.11. The number of amides is 1. The molecule has 0 heterocycles. The third kappa shape index (κ3) is 4.02. The summed E-state index contributed by atoms with van der Waals surface area (Å²) >= 11 is 11.8. The summed E-state index contributed by atoms with van der Waals surface area (Å²) in [6, 6.07) is 5.81. The third-order valence-corrected chi connectivity index (χ3v) is 4.51. The molecule has 0 radical (unpaired) electrons. The van der Waals surface area contributed by atoms with Crippen molar-refractivity contribution in [1.29, 1.82) is 0 Å². The molecule has 1 fully saturated rings. The van der Waals surface area contributed by atoms with Gasteiger partial charge in [-0.3, -0.25) is 4.79 Å². The number of rotatable bonds is 4. The number of carbonyl (C=O) groups excluding carboxylic acids is 1. The van der Waals surface area contributed by atoms with Crippen LogP contribution < -0.4 is 5.73 Å². The monoisotopic (exact) mass is 418 g/mol. The molecule has 108 valence electrons. The first-order valence-corrected chi connectivity index (χ1v) is 8.52. The van der Waals surface area contributed by atoms with Crippen molar-refractivity contribution in [3.8, 4) is 0 Å². The second-order valence-corrected chi connectivity index (χ2v) is 7.35. The number of nitrogens with two attached hydrogens (primary N) is 1. The Kier molecular flexibility index (Phi) is 5.57. The molecule has 3 nitrogen and oxygen atoms in total. The first kappa shape index (κ1) is 15.9. The number of benzene rings is 1. The van der Waals surface area contributed by atoms with Gasteiger partial charge >= 0.3 is 0 Å². The van der Waals surface area contributed by atoms with Gasteiger partial charge in [-0.2, -0.15) is 0 Å². The smallest absolute Gasteiger partial charge is 0.254 e. The molecule has 1 aromatic carbocycles. The third-order valence-electron chi connectivity index (χ3n) is 3.46. The van der Waals surface area contributed by atoms with E-state index in [2.05, 4.69) is 31.9 Å². The molecular formula is C14H16Br2N2OS. The molecule has 6 heteroatoms. The molecule has 0 spiro atoms. The zero-order valence-electron chi connectivity index (χ0n) is 10.9. The maximum absolute atomic E-state index is 12.7. The van der Waals surface area contributed by atoms with Crippen molar-refractivity contribution in [2.75, 3.05) is 6.54 Å². The molecule has 1 saturated carbocycles. The minimum atomic E-state index is -0.00769. The second-order valence-electron chi connectivity index (χ2n) is 5.00. The van der Waals surface area contributed by atoms with E-state index in [1.54, 1.807) is 0 Å². The fraction of sp³-hybridized carbons (Fsp3) is 0.429. The summed E-state index contributed by atoms with van der Waals surface area (Å²) < 4.78 is 1.74. The van der Waals surface area contributed by atoms with Gasteiger partial charge in [0.05, 0.1) is 11.5 Å². The van der Waals surface area contributed by atoms with Crippen molar-refractivity contribution >= 4 is 55.0 Å². The number of thiocarbonyl (C=S) groups is 1. The van der Waals surface area contributed by atoms with Crippen molar-refractivity contribution < 1.29 is 4.79 Å². The number of nitrogens with zero attached hydrogens (tertiary/aromatic N) is 1. The lowest BCUT2D eigenvalue weighted by Crippen LogP contribution is -2.43. The predicted molar refractivity (Wildman–Crippen MR) is 91.9 cm³/mol. The molecular weight excluding hydrogens is 404 g/mol. The van der Waals surface area contributed by atoms with Gasteiger partial charge in [0.2, 0.25) is 0 Å². The molecule has 1 aromatic rings. The Labute approximate surface area is 141 Å². The van der Waals surface area contributed by atoms with Gasteiger partial charge in [0, 0.05) is 20.6 Å². The Bertz CT molecular complexity index is 510. The fourth-order valence-electron chi connectivity index (χ4n) is 2.59. The van der Waals surface area contributed by atoms with E-state index >= 15 is 0 Å². The zero-order valence-corrected chi connectivity index (χ0v) is 14.9. The van der Waals surface area contributed by atoms with Crippen LogP contribution in [0.15, 0.2) is 27.1 Å². The van der Waals surface area contributed by atoms with Gasteiger partial charge < -0.3 is 10.6 Å². The lowest BCUT2D eigenvalue weighted by molar-refractivity contribution is 0.0714. The molecule has 2 rings (SSSR count). The molecule has 1 amide bonds. The van der Waals surface area contributed by atoms with E-state index in [-0.39, 0.29) is 11.9 Å². The van der Waals surface area contributed by atoms with E-state index in [1.807, 2.05) is 23.1 Å². The molecule has 0 unspecified atom stereocenters. The summed E-state index contributed by atoms with van der Waals surface area (Å²) in [7, 11) is 0. The molecule has 0 saturated heterocycles. The van der Waals surface area contributed by atoms with Gasteiger partial charge in [0.1, 0.15) is 0 Å². The fourth-order valence-corrected chi connectivity index (χ4v) is 4.03. The predicted octanol–water partition coefficient (Wildman–Crippen LogP) is 3.88. The van der Waals surface area contributed by atoms with E-state index in [9.17, 15) is 4.79 Å². The van der Waals surface area contributed by atoms with Gasteiger partial charge in [-0.05, 0) is 31.0 Å². The Morgan fingerprint density at radius 2 is 1.80 bits per heavy atom. The standard InChI is InChI=1S/C14H16Br2N2OS/c15-10-5-9(6-11(16)7-10)14(19)18(8-13(17)20)12-3-1-2-4-12/h5-7,12H,1-4,8H2,(H2,17,20). The van der Waals surface area contributed by atoms with Crippen LogP contribution in [0.2, 0.25) is 0 Å². The summed E-state index contributed by atoms with van der Waals surface area (Å²) in [5.41, 5.74) is 6.30. The molecule has 2 N–H and O–H groups in total. The average molecular weight is 420 g/mol. The van der Waals surface area contributed by atoms with Crippen molar-refractivity contribution in [3.05, 3.63) is 32.7 Å². The van der Waals surface area contributed by atoms with Crippen LogP contribution >= 0.6 is 44.1 Å². The van der Waals surface area contributed by atoms with Crippen LogP contribution in [-0.2, 0) is 0 Å². The van der Waals surface area contributed by atoms with Crippen LogP contribution in [0.4, 0.5) is 0 Å². The second kappa shape index (κ2) is 7.00. The van der Waals surface area contributed by atoms with Crippen LogP contribution in [0.3, 0.4) is 0 Å². The number of halogens is 2. The first-order chi connectivity index (χ1) is 9.47. The first-order valence-electron chi connectivity index (χ1n) is 6.53. The van der Waals surface area contributed by atoms with Gasteiger partial charge in [0.15, 0.2) is 0 Å². The zero-order chi connectivity index (χ0) is 14.7. The van der Waals surface area contributed by atoms with Crippen molar-refractivity contribution in [2.24, 2.45) is 5.73 Å². The van der Waals surface area contributed by atoms with Crippen molar-refractivity contribution in [2.45, 2.75) is 31.7 Å². The maximum Gasteiger partial charge on any atom is 0.254 e. The molecule has 0 aliphatic heterocycles. The highest BCUT2D eigenvalue weighted by Crippen LogP contribution is 2.27. The summed E-state index contributed by atoms with van der Waals surface area (Å²) in [4.78, 5) is 14.9. The van der Waals surface area contributed by atoms with Gasteiger partial charge in [0.25, 0.3) is 5.91 Å². The summed E-state index contributed by atoms with van der Waals surface area (Å²) in [6.45, 7) is 0.350. The topological polar surface area (TPSA) is 46.3 Å². The van der Waals surface area contributed by atoms with E-state index in [0.717, 1.165) is 34.6 Å². The SMILES string of the molecule is NC(=S)CN(C(=O)c1cc(Br)cc(Br)c1)C1CCCC1. The largest absolute Gasteiger partial charge is 0.392 e. The van der Waals surface area contributed by atoms with E-state index < -0.39 is 0 Å². The number of hydrogen-bond donors (Lipinski definition) is 1. The van der Waals surface area contributed by atoms with Gasteiger partial charge in [-0.1, -0.05) is 56.9 Å². The molecule has 1 aliphatic carbocycles. The minimum Gasteiger partial charge on any atom is -0.392 e. The molecule has 0 atom stereocenters. The number of hydrogen-bond acceptors (Lipinski definition) is 2. The van der Waals surface area contributed by atoms with Crippen LogP contribution in [0.5, 0.6) is 0 Å². The minimum absolute atomic E-state index is 0.00769. The summed E-state index contributed by atoms with van der Waals surface area (Å²) in [5.74, 6) is -0.00769. The van der Waals surface area contributed by atoms with Crippen molar-refractivity contribution in [1.82, 2.24) is 4.90 Å². The van der Waals surface area contributed by atoms with Crippen molar-refractivity contribution in [3.63, 3.8) is 0 Å². The number of carbonyl (C=O) groups is 1. The molecule has 1 aliphatic rings. The average Bonchev–Trinajstić information content (AvgIpc) is 2.87. The summed E-state index contributed by atoms with van der Waals surface area (Å²) in [6.07, 6.45) is 4.38. The quantitative estimate of drug-likeness (QED) is 0.753. The van der Waals surface area contributed by atoms with Crippen LogP contribution in [0.25, 0.3) is 0 Å². The molecule has 0 bridgehead atoms. The highest BCUT2D eigenvalue weighted by Gasteiger charge is 2.28. The van der Waals surface area contributed by atoms with E-state index in [1.165, 1.54) is 0 Å². The van der Waals surface area contributed by atoms with Gasteiger partial charge in [-0.25, -0.2) is 0 Å².